The molecule has 0 N–H and O–H groups in total. The van der Waals surface area contributed by atoms with E-state index in [1.807, 2.05) is 32.9 Å². The Morgan fingerprint density at radius 3 is 2.30 bits per heavy atom. The Morgan fingerprint density at radius 2 is 1.77 bits per heavy atom. The van der Waals surface area contributed by atoms with Crippen LogP contribution in [0.4, 0.5) is 4.79 Å². The van der Waals surface area contributed by atoms with Crippen molar-refractivity contribution < 1.29 is 23.8 Å². The molecule has 6 heteroatoms. The van der Waals surface area contributed by atoms with Gasteiger partial charge >= 0.3 is 6.09 Å². The van der Waals surface area contributed by atoms with Crippen LogP contribution in [0.3, 0.4) is 0 Å². The minimum Gasteiger partial charge on any atom is -0.493 e. The fourth-order valence-corrected chi connectivity index (χ4v) is 3.71. The van der Waals surface area contributed by atoms with Crippen LogP contribution in [0.15, 0.2) is 24.3 Å². The second-order valence-electron chi connectivity index (χ2n) is 9.17. The maximum atomic E-state index is 13.0. The van der Waals surface area contributed by atoms with Crippen LogP contribution in [0.2, 0.25) is 0 Å². The van der Waals surface area contributed by atoms with Crippen molar-refractivity contribution in [1.82, 2.24) is 4.90 Å². The minimum absolute atomic E-state index is 0.0371. The molecule has 0 fully saturated rings. The van der Waals surface area contributed by atoms with Crippen LogP contribution in [-0.4, -0.2) is 43.1 Å². The molecule has 1 heterocycles. The number of methoxy groups -OCH3 is 2. The number of hydrogen-bond acceptors (Lipinski definition) is 5. The molecule has 0 aromatic heterocycles. The van der Waals surface area contributed by atoms with Crippen molar-refractivity contribution in [2.45, 2.75) is 65.5 Å². The summed E-state index contributed by atoms with van der Waals surface area (Å²) in [6, 6.07) is 3.36. The van der Waals surface area contributed by atoms with Crippen molar-refractivity contribution in [2.24, 2.45) is 5.92 Å². The molecule has 6 nitrogen and oxygen atoms in total. The van der Waals surface area contributed by atoms with Gasteiger partial charge in [-0.15, -0.1) is 0 Å². The van der Waals surface area contributed by atoms with Crippen LogP contribution >= 0.6 is 0 Å². The molecule has 1 aromatic carbocycles. The van der Waals surface area contributed by atoms with Gasteiger partial charge < -0.3 is 19.1 Å². The number of ether oxygens (including phenoxy) is 3. The van der Waals surface area contributed by atoms with Gasteiger partial charge in [-0.2, -0.15) is 0 Å². The lowest BCUT2D eigenvalue weighted by molar-refractivity contribution is -0.117. The Kier molecular flexibility index (Phi) is 7.56. The van der Waals surface area contributed by atoms with Gasteiger partial charge in [-0.3, -0.25) is 4.79 Å². The molecule has 0 radical (unpaired) electrons. The van der Waals surface area contributed by atoms with Gasteiger partial charge in [0.25, 0.3) is 0 Å². The molecule has 1 atom stereocenters. The van der Waals surface area contributed by atoms with Gasteiger partial charge in [0.15, 0.2) is 17.3 Å². The first kappa shape index (κ1) is 23.8. The van der Waals surface area contributed by atoms with Crippen molar-refractivity contribution in [3.63, 3.8) is 0 Å². The second kappa shape index (κ2) is 9.54. The lowest BCUT2D eigenvalue weighted by Gasteiger charge is -2.38. The van der Waals surface area contributed by atoms with E-state index in [1.54, 1.807) is 19.1 Å². The van der Waals surface area contributed by atoms with Gasteiger partial charge in [-0.1, -0.05) is 20.4 Å². The zero-order valence-corrected chi connectivity index (χ0v) is 19.3. The number of ketones is 1. The fourth-order valence-electron chi connectivity index (χ4n) is 3.71. The van der Waals surface area contributed by atoms with Gasteiger partial charge in [-0.25, -0.2) is 4.79 Å². The number of Topliss-reactive ketones (excluding diaryl/α,β-unsaturated/α-hetero) is 1. The van der Waals surface area contributed by atoms with Crippen LogP contribution in [-0.2, 0) is 16.0 Å². The zero-order chi connectivity index (χ0) is 22.6. The Balaban J connectivity index is 2.44. The smallest absolute Gasteiger partial charge is 0.410 e. The summed E-state index contributed by atoms with van der Waals surface area (Å²) in [6.45, 7) is 14.1. The minimum atomic E-state index is -0.620. The van der Waals surface area contributed by atoms with Crippen LogP contribution in [0, 0.1) is 5.92 Å². The predicted octanol–water partition coefficient (Wildman–Crippen LogP) is 5.10. The molecule has 0 aliphatic carbocycles. The molecule has 2 rings (SSSR count). The highest BCUT2D eigenvalue weighted by molar-refractivity contribution is 5.95. The molecular weight excluding hydrogens is 382 g/mol. The van der Waals surface area contributed by atoms with Crippen LogP contribution < -0.4 is 9.47 Å². The lowest BCUT2D eigenvalue weighted by Crippen LogP contribution is -2.43. The molecule has 1 aromatic rings. The molecule has 1 amide bonds. The third kappa shape index (κ3) is 5.77. The van der Waals surface area contributed by atoms with Crippen LogP contribution in [0.25, 0.3) is 0 Å². The molecule has 1 aliphatic rings. The normalized spacial score (nSPS) is 16.1. The second-order valence-corrected chi connectivity index (χ2v) is 9.17. The van der Waals surface area contributed by atoms with E-state index in [2.05, 4.69) is 20.4 Å². The van der Waals surface area contributed by atoms with Gasteiger partial charge in [0.2, 0.25) is 0 Å². The van der Waals surface area contributed by atoms with E-state index in [9.17, 15) is 9.59 Å². The predicted molar refractivity (Wildman–Crippen MR) is 117 cm³/mol. The van der Waals surface area contributed by atoms with Crippen LogP contribution in [0.1, 0.15) is 64.6 Å². The number of benzene rings is 1. The van der Waals surface area contributed by atoms with Crippen LogP contribution in [0.5, 0.6) is 11.5 Å². The SMILES string of the molecule is C=C(CC(C)C)C(=O)C[C@@H]1c2cc(OC)c(OC)cc2CCN1C(=O)OC(C)(C)C. The summed E-state index contributed by atoms with van der Waals surface area (Å²) < 4.78 is 16.5. The molecule has 0 saturated carbocycles. The third-order valence-electron chi connectivity index (χ3n) is 5.06. The van der Waals surface area contributed by atoms with Gasteiger partial charge in [-0.05, 0) is 68.4 Å². The summed E-state index contributed by atoms with van der Waals surface area (Å²) in [4.78, 5) is 27.6. The first-order valence-electron chi connectivity index (χ1n) is 10.4. The average Bonchev–Trinajstić information content (AvgIpc) is 2.64. The maximum Gasteiger partial charge on any atom is 0.410 e. The Morgan fingerprint density at radius 1 is 1.17 bits per heavy atom. The molecule has 166 valence electrons. The quantitative estimate of drug-likeness (QED) is 0.578. The van der Waals surface area contributed by atoms with Gasteiger partial charge in [0, 0.05) is 13.0 Å². The van der Waals surface area contributed by atoms with E-state index >= 15 is 0 Å². The highest BCUT2D eigenvalue weighted by atomic mass is 16.6. The van der Waals surface area contributed by atoms with E-state index in [0.717, 1.165) is 11.1 Å². The monoisotopic (exact) mass is 417 g/mol. The number of allylic oxidation sites excluding steroid dienone is 1. The fraction of sp³-hybridized carbons (Fsp3) is 0.583. The Bertz CT molecular complexity index is 807. The molecule has 0 saturated heterocycles. The highest BCUT2D eigenvalue weighted by Gasteiger charge is 2.36. The first-order chi connectivity index (χ1) is 14.0. The number of rotatable bonds is 7. The number of fused-ring (bicyclic) bond motifs is 1. The Hall–Kier alpha value is -2.50. The zero-order valence-electron chi connectivity index (χ0n) is 19.3. The molecule has 0 unspecified atom stereocenters. The largest absolute Gasteiger partial charge is 0.493 e. The van der Waals surface area contributed by atoms with Crippen molar-refractivity contribution in [2.75, 3.05) is 20.8 Å². The molecular formula is C24H35NO5. The Labute approximate surface area is 180 Å². The average molecular weight is 418 g/mol. The van der Waals surface area contributed by atoms with Crippen molar-refractivity contribution in [1.29, 1.82) is 0 Å². The van der Waals surface area contributed by atoms with Gasteiger partial charge in [0.1, 0.15) is 5.60 Å². The third-order valence-corrected chi connectivity index (χ3v) is 5.06. The molecule has 30 heavy (non-hydrogen) atoms. The summed E-state index contributed by atoms with van der Waals surface area (Å²) in [5.74, 6) is 1.51. The number of nitrogens with zero attached hydrogens (tertiary/aromatic N) is 1. The number of carbonyl (C=O) groups excluding carboxylic acids is 2. The number of hydrogen-bond donors (Lipinski definition) is 0. The van der Waals surface area contributed by atoms with E-state index in [-0.39, 0.29) is 12.2 Å². The van der Waals surface area contributed by atoms with E-state index in [4.69, 9.17) is 14.2 Å². The lowest BCUT2D eigenvalue weighted by atomic mass is 9.87. The van der Waals surface area contributed by atoms with E-state index < -0.39 is 17.7 Å². The number of amides is 1. The molecule has 0 bridgehead atoms. The maximum absolute atomic E-state index is 13.0. The summed E-state index contributed by atoms with van der Waals surface area (Å²) in [5.41, 5.74) is 1.89. The number of carbonyl (C=O) groups is 2. The van der Waals surface area contributed by atoms with Crippen molar-refractivity contribution in [3.8, 4) is 11.5 Å². The summed E-state index contributed by atoms with van der Waals surface area (Å²) in [5, 5.41) is 0. The topological polar surface area (TPSA) is 65.1 Å². The van der Waals surface area contributed by atoms with E-state index in [0.29, 0.717) is 42.4 Å². The summed E-state index contributed by atoms with van der Waals surface area (Å²) in [6.07, 6.45) is 1.02. The standard InChI is InChI=1S/C24H35NO5/c1-15(2)11-16(3)20(26)14-19-18-13-22(29-8)21(28-7)12-17(18)9-10-25(19)23(27)30-24(4,5)6/h12-13,15,19H,3,9-11,14H2,1-2,4-8H3/t19-/m1/s1. The highest BCUT2D eigenvalue weighted by Crippen LogP contribution is 2.40. The van der Waals surface area contributed by atoms with E-state index in [1.165, 1.54) is 0 Å². The van der Waals surface area contributed by atoms with Gasteiger partial charge in [0.05, 0.1) is 20.3 Å². The first-order valence-corrected chi connectivity index (χ1v) is 10.4. The molecule has 0 spiro atoms. The molecule has 1 aliphatic heterocycles. The van der Waals surface area contributed by atoms with Crippen molar-refractivity contribution in [3.05, 3.63) is 35.4 Å². The summed E-state index contributed by atoms with van der Waals surface area (Å²) >= 11 is 0. The van der Waals surface area contributed by atoms with Crippen molar-refractivity contribution >= 4 is 11.9 Å². The summed E-state index contributed by atoms with van der Waals surface area (Å²) in [7, 11) is 3.17.